The lowest BCUT2D eigenvalue weighted by Crippen LogP contribution is -2.22. The lowest BCUT2D eigenvalue weighted by molar-refractivity contribution is 0.556. The summed E-state index contributed by atoms with van der Waals surface area (Å²) in [5.74, 6) is 1.45. The summed E-state index contributed by atoms with van der Waals surface area (Å²) in [5.41, 5.74) is 5.36. The quantitative estimate of drug-likeness (QED) is 0.626. The second-order valence-corrected chi connectivity index (χ2v) is 3.22. The molecule has 1 unspecified atom stereocenters. The topological polar surface area (TPSA) is 79.6 Å². The van der Waals surface area contributed by atoms with Gasteiger partial charge in [0.05, 0.1) is 0 Å². The summed E-state index contributed by atoms with van der Waals surface area (Å²) in [6.45, 7) is 6.35. The number of hydrogen-bond donors (Lipinski definition) is 3. The molecule has 5 heteroatoms. The van der Waals surface area contributed by atoms with Crippen molar-refractivity contribution >= 4 is 11.9 Å². The van der Waals surface area contributed by atoms with Crippen LogP contribution < -0.4 is 11.1 Å². The third-order valence-corrected chi connectivity index (χ3v) is 1.86. The first kappa shape index (κ1) is 8.83. The predicted molar refractivity (Wildman–Crippen MR) is 48.7 cm³/mol. The van der Waals surface area contributed by atoms with E-state index in [1.165, 1.54) is 0 Å². The highest BCUT2D eigenvalue weighted by atomic mass is 15.3. The first-order valence-electron chi connectivity index (χ1n) is 4.04. The van der Waals surface area contributed by atoms with Gasteiger partial charge in [-0.25, -0.2) is 5.10 Å². The maximum Gasteiger partial charge on any atom is 0.243 e. The molecule has 0 amide bonds. The zero-order valence-corrected chi connectivity index (χ0v) is 7.63. The predicted octanol–water partition coefficient (Wildman–Crippen LogP) is 0.843. The minimum atomic E-state index is 0.341. The number of H-pyrrole nitrogens is 1. The molecular formula is C7H15N5. The molecule has 0 fully saturated rings. The maximum absolute atomic E-state index is 5.36. The Morgan fingerprint density at radius 1 is 1.42 bits per heavy atom. The van der Waals surface area contributed by atoms with Gasteiger partial charge in [-0.05, 0) is 12.8 Å². The Hall–Kier alpha value is -1.26. The second-order valence-electron chi connectivity index (χ2n) is 3.22. The first-order valence-corrected chi connectivity index (χ1v) is 4.04. The van der Waals surface area contributed by atoms with Gasteiger partial charge < -0.3 is 11.1 Å². The van der Waals surface area contributed by atoms with Crippen LogP contribution in [0.2, 0.25) is 0 Å². The van der Waals surface area contributed by atoms with Crippen molar-refractivity contribution in [1.82, 2.24) is 15.2 Å². The van der Waals surface area contributed by atoms with Crippen LogP contribution in [0.25, 0.3) is 0 Å². The van der Waals surface area contributed by atoms with E-state index >= 15 is 0 Å². The highest BCUT2D eigenvalue weighted by Crippen LogP contribution is 2.07. The zero-order chi connectivity index (χ0) is 9.14. The lowest BCUT2D eigenvalue weighted by Gasteiger charge is -2.15. The van der Waals surface area contributed by atoms with E-state index in [2.05, 4.69) is 41.3 Å². The molecule has 1 heterocycles. The molecule has 1 aromatic rings. The summed E-state index contributed by atoms with van der Waals surface area (Å²) in [4.78, 5) is 3.93. The Kier molecular flexibility index (Phi) is 2.52. The fourth-order valence-electron chi connectivity index (χ4n) is 0.709. The van der Waals surface area contributed by atoms with E-state index in [-0.39, 0.29) is 0 Å². The summed E-state index contributed by atoms with van der Waals surface area (Å²) in [5, 5.41) is 9.56. The number of nitrogen functional groups attached to an aromatic ring is 1. The van der Waals surface area contributed by atoms with Gasteiger partial charge in [0.1, 0.15) is 0 Å². The average Bonchev–Trinajstić information content (AvgIpc) is 2.35. The number of hydrogen-bond acceptors (Lipinski definition) is 4. The monoisotopic (exact) mass is 169 g/mol. The van der Waals surface area contributed by atoms with Gasteiger partial charge in [-0.3, -0.25) is 0 Å². The van der Waals surface area contributed by atoms with Gasteiger partial charge in [-0.2, -0.15) is 4.98 Å². The third-order valence-electron chi connectivity index (χ3n) is 1.86. The zero-order valence-electron chi connectivity index (χ0n) is 7.63. The number of nitrogens with one attached hydrogen (secondary N) is 2. The minimum Gasteiger partial charge on any atom is -0.368 e. The summed E-state index contributed by atoms with van der Waals surface area (Å²) in [6.07, 6.45) is 0. The number of nitrogens with two attached hydrogens (primary N) is 1. The Labute approximate surface area is 71.8 Å². The van der Waals surface area contributed by atoms with Crippen LogP contribution in [0.5, 0.6) is 0 Å². The van der Waals surface area contributed by atoms with E-state index < -0.39 is 0 Å². The maximum atomic E-state index is 5.36. The van der Waals surface area contributed by atoms with Crippen molar-refractivity contribution in [1.29, 1.82) is 0 Å². The molecule has 12 heavy (non-hydrogen) atoms. The van der Waals surface area contributed by atoms with Gasteiger partial charge in [-0.15, -0.1) is 5.10 Å². The van der Waals surface area contributed by atoms with E-state index in [0.29, 0.717) is 23.9 Å². The third kappa shape index (κ3) is 2.11. The van der Waals surface area contributed by atoms with E-state index in [1.54, 1.807) is 0 Å². The van der Waals surface area contributed by atoms with Crippen molar-refractivity contribution in [3.63, 3.8) is 0 Å². The molecule has 68 valence electrons. The SMILES string of the molecule is CC(C)C(C)Nc1n[nH]c(N)n1. The van der Waals surface area contributed by atoms with E-state index in [1.807, 2.05) is 0 Å². The smallest absolute Gasteiger partial charge is 0.243 e. The summed E-state index contributed by atoms with van der Waals surface area (Å²) < 4.78 is 0. The minimum absolute atomic E-state index is 0.341. The molecule has 5 nitrogen and oxygen atoms in total. The van der Waals surface area contributed by atoms with Gasteiger partial charge in [0.25, 0.3) is 0 Å². The molecule has 0 bridgehead atoms. The number of aromatic amines is 1. The summed E-state index contributed by atoms with van der Waals surface area (Å²) >= 11 is 0. The molecule has 0 saturated heterocycles. The van der Waals surface area contributed by atoms with Crippen LogP contribution in [-0.2, 0) is 0 Å². The largest absolute Gasteiger partial charge is 0.368 e. The first-order chi connectivity index (χ1) is 5.59. The fraction of sp³-hybridized carbons (Fsp3) is 0.714. The Morgan fingerprint density at radius 2 is 2.08 bits per heavy atom. The molecule has 0 radical (unpaired) electrons. The van der Waals surface area contributed by atoms with Gasteiger partial charge in [0.15, 0.2) is 0 Å². The van der Waals surface area contributed by atoms with Crippen molar-refractivity contribution < 1.29 is 0 Å². The summed E-state index contributed by atoms with van der Waals surface area (Å²) in [7, 11) is 0. The molecular weight excluding hydrogens is 154 g/mol. The highest BCUT2D eigenvalue weighted by molar-refractivity contribution is 5.30. The van der Waals surface area contributed by atoms with Crippen LogP contribution in [0.3, 0.4) is 0 Å². The Balaban J connectivity index is 2.52. The molecule has 1 atom stereocenters. The molecule has 0 aliphatic rings. The van der Waals surface area contributed by atoms with Crippen molar-refractivity contribution in [2.24, 2.45) is 5.92 Å². The van der Waals surface area contributed by atoms with E-state index in [9.17, 15) is 0 Å². The molecule has 4 N–H and O–H groups in total. The normalized spacial score (nSPS) is 13.3. The van der Waals surface area contributed by atoms with Gasteiger partial charge in [0.2, 0.25) is 11.9 Å². The average molecular weight is 169 g/mol. The summed E-state index contributed by atoms with van der Waals surface area (Å²) in [6, 6.07) is 0.347. The van der Waals surface area contributed by atoms with Crippen LogP contribution in [0.1, 0.15) is 20.8 Å². The van der Waals surface area contributed by atoms with Gasteiger partial charge >= 0.3 is 0 Å². The molecule has 0 saturated carbocycles. The van der Waals surface area contributed by atoms with Crippen molar-refractivity contribution in [2.75, 3.05) is 11.1 Å². The lowest BCUT2D eigenvalue weighted by atomic mass is 10.1. The van der Waals surface area contributed by atoms with Crippen LogP contribution in [0, 0.1) is 5.92 Å². The molecule has 0 aliphatic carbocycles. The number of rotatable bonds is 3. The van der Waals surface area contributed by atoms with Crippen LogP contribution >= 0.6 is 0 Å². The standard InChI is InChI=1S/C7H15N5/c1-4(2)5(3)9-7-10-6(8)11-12-7/h4-5H,1-3H3,(H4,8,9,10,11,12). The molecule has 1 rings (SSSR count). The molecule has 0 aliphatic heterocycles. The Bertz CT molecular complexity index is 242. The second kappa shape index (κ2) is 3.42. The Morgan fingerprint density at radius 3 is 2.50 bits per heavy atom. The number of nitrogens with zero attached hydrogens (tertiary/aromatic N) is 2. The van der Waals surface area contributed by atoms with Crippen LogP contribution in [0.4, 0.5) is 11.9 Å². The molecule has 1 aromatic heterocycles. The molecule has 0 aromatic carbocycles. The fourth-order valence-corrected chi connectivity index (χ4v) is 0.709. The van der Waals surface area contributed by atoms with Crippen molar-refractivity contribution in [3.05, 3.63) is 0 Å². The van der Waals surface area contributed by atoms with Crippen molar-refractivity contribution in [2.45, 2.75) is 26.8 Å². The van der Waals surface area contributed by atoms with E-state index in [4.69, 9.17) is 5.73 Å². The number of aromatic nitrogens is 3. The van der Waals surface area contributed by atoms with E-state index in [0.717, 1.165) is 0 Å². The number of anilines is 2. The van der Waals surface area contributed by atoms with Crippen LogP contribution in [-0.4, -0.2) is 21.2 Å². The van der Waals surface area contributed by atoms with Crippen molar-refractivity contribution in [3.8, 4) is 0 Å². The molecule has 0 spiro atoms. The van der Waals surface area contributed by atoms with Crippen LogP contribution in [0.15, 0.2) is 0 Å². The highest BCUT2D eigenvalue weighted by Gasteiger charge is 2.08. The van der Waals surface area contributed by atoms with Gasteiger partial charge in [-0.1, -0.05) is 13.8 Å². The van der Waals surface area contributed by atoms with Gasteiger partial charge in [0, 0.05) is 6.04 Å².